The van der Waals surface area contributed by atoms with Gasteiger partial charge in [0.05, 0.1) is 0 Å². The standard InChI is InChI=1S/C18H30N2/c1-6-18(5)14-19-16(17(2,3)4)13-20(18)12-15-10-8-7-9-11-15/h7-11,16,19H,6,12-14H2,1-5H3. The minimum absolute atomic E-state index is 0.261. The van der Waals surface area contributed by atoms with Crippen LogP contribution in [0.4, 0.5) is 0 Å². The lowest BCUT2D eigenvalue weighted by Gasteiger charge is -2.51. The predicted molar refractivity (Wildman–Crippen MR) is 86.8 cm³/mol. The van der Waals surface area contributed by atoms with Crippen molar-refractivity contribution in [3.8, 4) is 0 Å². The first-order valence-corrected chi connectivity index (χ1v) is 7.87. The SMILES string of the molecule is CCC1(C)CNC(C(C)(C)C)CN1Cc1ccccc1. The van der Waals surface area contributed by atoms with Crippen LogP contribution in [-0.2, 0) is 6.54 Å². The van der Waals surface area contributed by atoms with Crippen LogP contribution in [-0.4, -0.2) is 29.6 Å². The third-order valence-corrected chi connectivity index (χ3v) is 4.92. The summed E-state index contributed by atoms with van der Waals surface area (Å²) < 4.78 is 0. The number of piperazine rings is 1. The van der Waals surface area contributed by atoms with Crippen LogP contribution in [0.2, 0.25) is 0 Å². The maximum atomic E-state index is 3.77. The summed E-state index contributed by atoms with van der Waals surface area (Å²) in [6.07, 6.45) is 1.18. The minimum Gasteiger partial charge on any atom is -0.310 e. The largest absolute Gasteiger partial charge is 0.310 e. The summed E-state index contributed by atoms with van der Waals surface area (Å²) in [5.74, 6) is 0. The Bertz CT molecular complexity index is 421. The fourth-order valence-corrected chi connectivity index (χ4v) is 2.95. The van der Waals surface area contributed by atoms with Crippen LogP contribution in [0.1, 0.15) is 46.6 Å². The van der Waals surface area contributed by atoms with Crippen molar-refractivity contribution in [1.29, 1.82) is 0 Å². The average Bonchev–Trinajstić information content (AvgIpc) is 2.41. The Kier molecular flexibility index (Phi) is 4.55. The van der Waals surface area contributed by atoms with Crippen molar-refractivity contribution in [3.63, 3.8) is 0 Å². The Morgan fingerprint density at radius 3 is 2.45 bits per heavy atom. The fourth-order valence-electron chi connectivity index (χ4n) is 2.95. The first-order valence-electron chi connectivity index (χ1n) is 7.87. The summed E-state index contributed by atoms with van der Waals surface area (Å²) in [6, 6.07) is 11.4. The molecule has 1 aromatic carbocycles. The van der Waals surface area contributed by atoms with Crippen LogP contribution in [0.15, 0.2) is 30.3 Å². The molecule has 2 heteroatoms. The molecule has 1 aromatic rings. The van der Waals surface area contributed by atoms with Gasteiger partial charge in [-0.1, -0.05) is 58.0 Å². The molecule has 112 valence electrons. The maximum Gasteiger partial charge on any atom is 0.0307 e. The zero-order valence-electron chi connectivity index (χ0n) is 13.7. The van der Waals surface area contributed by atoms with Gasteiger partial charge >= 0.3 is 0 Å². The lowest BCUT2D eigenvalue weighted by Crippen LogP contribution is -2.65. The molecule has 1 fully saturated rings. The highest BCUT2D eigenvalue weighted by Gasteiger charge is 2.39. The van der Waals surface area contributed by atoms with Crippen molar-refractivity contribution < 1.29 is 0 Å². The van der Waals surface area contributed by atoms with E-state index in [0.717, 1.165) is 19.6 Å². The Labute approximate surface area is 124 Å². The summed E-state index contributed by atoms with van der Waals surface area (Å²) in [6.45, 7) is 15.0. The normalized spacial score (nSPS) is 28.6. The van der Waals surface area contributed by atoms with Crippen LogP contribution >= 0.6 is 0 Å². The van der Waals surface area contributed by atoms with Gasteiger partial charge in [-0.05, 0) is 24.3 Å². The molecule has 0 spiro atoms. The third kappa shape index (κ3) is 3.42. The quantitative estimate of drug-likeness (QED) is 0.904. The molecule has 1 saturated heterocycles. The van der Waals surface area contributed by atoms with Crippen LogP contribution in [0.5, 0.6) is 0 Å². The second kappa shape index (κ2) is 5.87. The molecule has 0 amide bonds. The molecule has 0 radical (unpaired) electrons. The maximum absolute atomic E-state index is 3.77. The highest BCUT2D eigenvalue weighted by molar-refractivity contribution is 5.15. The molecule has 2 atom stereocenters. The first kappa shape index (κ1) is 15.5. The van der Waals surface area contributed by atoms with E-state index in [9.17, 15) is 0 Å². The van der Waals surface area contributed by atoms with Crippen molar-refractivity contribution in [1.82, 2.24) is 10.2 Å². The van der Waals surface area contributed by atoms with Gasteiger partial charge in [0, 0.05) is 31.2 Å². The number of rotatable bonds is 3. The summed E-state index contributed by atoms with van der Waals surface area (Å²) in [7, 11) is 0. The molecule has 2 rings (SSSR count). The van der Waals surface area contributed by atoms with E-state index < -0.39 is 0 Å². The molecule has 1 aliphatic rings. The summed E-state index contributed by atoms with van der Waals surface area (Å²) in [4.78, 5) is 2.68. The van der Waals surface area contributed by atoms with Crippen molar-refractivity contribution in [3.05, 3.63) is 35.9 Å². The Morgan fingerprint density at radius 2 is 1.90 bits per heavy atom. The van der Waals surface area contributed by atoms with E-state index in [1.54, 1.807) is 0 Å². The predicted octanol–water partition coefficient (Wildman–Crippen LogP) is 3.68. The highest BCUT2D eigenvalue weighted by Crippen LogP contribution is 2.30. The van der Waals surface area contributed by atoms with Gasteiger partial charge in [-0.3, -0.25) is 4.90 Å². The van der Waals surface area contributed by atoms with Crippen molar-refractivity contribution in [2.24, 2.45) is 5.41 Å². The van der Waals surface area contributed by atoms with Crippen LogP contribution < -0.4 is 5.32 Å². The molecule has 0 saturated carbocycles. The molecule has 1 heterocycles. The lowest BCUT2D eigenvalue weighted by atomic mass is 9.81. The number of hydrogen-bond acceptors (Lipinski definition) is 2. The van der Waals surface area contributed by atoms with E-state index in [-0.39, 0.29) is 5.54 Å². The second-order valence-corrected chi connectivity index (χ2v) is 7.52. The number of nitrogens with zero attached hydrogens (tertiary/aromatic N) is 1. The number of benzene rings is 1. The summed E-state index contributed by atoms with van der Waals surface area (Å²) >= 11 is 0. The van der Waals surface area contributed by atoms with E-state index in [0.29, 0.717) is 11.5 Å². The van der Waals surface area contributed by atoms with E-state index in [1.165, 1.54) is 12.0 Å². The van der Waals surface area contributed by atoms with E-state index in [2.05, 4.69) is 75.2 Å². The van der Waals surface area contributed by atoms with Gasteiger partial charge in [-0.25, -0.2) is 0 Å². The molecule has 20 heavy (non-hydrogen) atoms. The summed E-state index contributed by atoms with van der Waals surface area (Å²) in [5, 5.41) is 3.77. The zero-order chi connectivity index (χ0) is 14.8. The second-order valence-electron chi connectivity index (χ2n) is 7.52. The molecule has 0 aliphatic carbocycles. The van der Waals surface area contributed by atoms with Gasteiger partial charge in [0.2, 0.25) is 0 Å². The topological polar surface area (TPSA) is 15.3 Å². The monoisotopic (exact) mass is 274 g/mol. The van der Waals surface area contributed by atoms with Gasteiger partial charge in [-0.2, -0.15) is 0 Å². The molecule has 0 bridgehead atoms. The van der Waals surface area contributed by atoms with Crippen LogP contribution in [0.25, 0.3) is 0 Å². The highest BCUT2D eigenvalue weighted by atomic mass is 15.3. The van der Waals surface area contributed by atoms with Gasteiger partial charge in [0.15, 0.2) is 0 Å². The summed E-state index contributed by atoms with van der Waals surface area (Å²) in [5.41, 5.74) is 1.99. The van der Waals surface area contributed by atoms with Gasteiger partial charge in [-0.15, -0.1) is 0 Å². The van der Waals surface area contributed by atoms with Crippen LogP contribution in [0.3, 0.4) is 0 Å². The molecule has 1 N–H and O–H groups in total. The lowest BCUT2D eigenvalue weighted by molar-refractivity contribution is 0.0157. The fraction of sp³-hybridized carbons (Fsp3) is 0.667. The van der Waals surface area contributed by atoms with Crippen molar-refractivity contribution in [2.75, 3.05) is 13.1 Å². The number of hydrogen-bond donors (Lipinski definition) is 1. The first-order chi connectivity index (χ1) is 9.35. The molecule has 2 unspecified atom stereocenters. The van der Waals surface area contributed by atoms with Crippen molar-refractivity contribution >= 4 is 0 Å². The van der Waals surface area contributed by atoms with E-state index >= 15 is 0 Å². The Morgan fingerprint density at radius 1 is 1.25 bits per heavy atom. The molecule has 0 aromatic heterocycles. The van der Waals surface area contributed by atoms with Crippen molar-refractivity contribution in [2.45, 2.75) is 59.2 Å². The Hall–Kier alpha value is -0.860. The molecule has 2 nitrogen and oxygen atoms in total. The third-order valence-electron chi connectivity index (χ3n) is 4.92. The zero-order valence-corrected chi connectivity index (χ0v) is 13.7. The van der Waals surface area contributed by atoms with Gasteiger partial charge in [0.1, 0.15) is 0 Å². The van der Waals surface area contributed by atoms with Gasteiger partial charge < -0.3 is 5.32 Å². The van der Waals surface area contributed by atoms with E-state index in [1.807, 2.05) is 0 Å². The molecular formula is C18H30N2. The minimum atomic E-state index is 0.261. The van der Waals surface area contributed by atoms with Gasteiger partial charge in [0.25, 0.3) is 0 Å². The number of nitrogens with one attached hydrogen (secondary N) is 1. The smallest absolute Gasteiger partial charge is 0.0307 e. The van der Waals surface area contributed by atoms with Crippen LogP contribution in [0, 0.1) is 5.41 Å². The average molecular weight is 274 g/mol. The molecular weight excluding hydrogens is 244 g/mol. The van der Waals surface area contributed by atoms with E-state index in [4.69, 9.17) is 0 Å². The Balaban J connectivity index is 2.16. The molecule has 1 aliphatic heterocycles.